The number of carbonyl (C=O) groups excluding carboxylic acids is 1. The zero-order valence-electron chi connectivity index (χ0n) is 14.7. The maximum Gasteiger partial charge on any atom is 0.257 e. The molecule has 0 bridgehead atoms. The van der Waals surface area contributed by atoms with Crippen molar-refractivity contribution in [1.29, 1.82) is 0 Å². The molecule has 8 nitrogen and oxygen atoms in total. The molecule has 3 N–H and O–H groups in total. The lowest BCUT2D eigenvalue weighted by molar-refractivity contribution is -0.116. The molecule has 1 aliphatic rings. The second kappa shape index (κ2) is 7.63. The van der Waals surface area contributed by atoms with Crippen LogP contribution in [0.2, 0.25) is 0 Å². The number of amides is 1. The number of anilines is 1. The smallest absolute Gasteiger partial charge is 0.257 e. The number of rotatable bonds is 5. The monoisotopic (exact) mass is 387 g/mol. The highest BCUT2D eigenvalue weighted by atomic mass is 32.2. The Labute approximate surface area is 159 Å². The minimum absolute atomic E-state index is 0.0473. The zero-order valence-corrected chi connectivity index (χ0v) is 15.5. The van der Waals surface area contributed by atoms with Gasteiger partial charge in [-0.2, -0.15) is 0 Å². The molecule has 1 aromatic carbocycles. The lowest BCUT2D eigenvalue weighted by atomic mass is 9.86. The van der Waals surface area contributed by atoms with Gasteiger partial charge in [0.25, 0.3) is 5.56 Å². The number of phenols is 1. The number of fused-ring (bicyclic) bond motifs is 1. The molecule has 140 valence electrons. The molecule has 0 aliphatic carbocycles. The Bertz CT molecular complexity index is 970. The highest BCUT2D eigenvalue weighted by molar-refractivity contribution is 7.99. The fourth-order valence-electron chi connectivity index (χ4n) is 2.93. The minimum Gasteiger partial charge on any atom is -0.502 e. The van der Waals surface area contributed by atoms with Gasteiger partial charge in [0.15, 0.2) is 16.7 Å². The number of aromatic amines is 1. The van der Waals surface area contributed by atoms with E-state index in [9.17, 15) is 14.7 Å². The van der Waals surface area contributed by atoms with Gasteiger partial charge < -0.3 is 24.9 Å². The lowest BCUT2D eigenvalue weighted by Gasteiger charge is -2.25. The predicted molar refractivity (Wildman–Crippen MR) is 101 cm³/mol. The summed E-state index contributed by atoms with van der Waals surface area (Å²) in [7, 11) is 2.81. The molecule has 9 heteroatoms. The Hall–Kier alpha value is -3.12. The van der Waals surface area contributed by atoms with Gasteiger partial charge >= 0.3 is 0 Å². The molecule has 0 spiro atoms. The van der Waals surface area contributed by atoms with Gasteiger partial charge in [-0.05, 0) is 17.7 Å². The molecular formula is C18H17N3O5S. The topological polar surface area (TPSA) is 114 Å². The van der Waals surface area contributed by atoms with Gasteiger partial charge in [-0.1, -0.05) is 17.7 Å². The standard InChI is InChI=1S/C18H17N3O5S/c1-4-5-27-18-20-16-14(17(24)21-18)10(8-13(22)19-16)9-6-11(25-2)15(23)12(7-9)26-3/h1,6-7,10,23H,5,8H2,2-3H3,(H2,19,20,21,22,24). The quantitative estimate of drug-likeness (QED) is 0.406. The number of benzene rings is 1. The first-order chi connectivity index (χ1) is 13.0. The van der Waals surface area contributed by atoms with E-state index in [1.54, 1.807) is 12.1 Å². The Morgan fingerprint density at radius 3 is 2.59 bits per heavy atom. The number of hydrogen-bond donors (Lipinski definition) is 3. The number of nitrogens with zero attached hydrogens (tertiary/aromatic N) is 1. The summed E-state index contributed by atoms with van der Waals surface area (Å²) < 4.78 is 10.3. The van der Waals surface area contributed by atoms with E-state index in [2.05, 4.69) is 21.2 Å². The first-order valence-electron chi connectivity index (χ1n) is 7.93. The molecule has 1 aromatic heterocycles. The average Bonchev–Trinajstić information content (AvgIpc) is 2.65. The number of hydrogen-bond acceptors (Lipinski definition) is 7. The van der Waals surface area contributed by atoms with Crippen LogP contribution in [0.15, 0.2) is 22.1 Å². The summed E-state index contributed by atoms with van der Waals surface area (Å²) in [4.78, 5) is 31.9. The summed E-state index contributed by atoms with van der Waals surface area (Å²) in [6.45, 7) is 0. The first kappa shape index (κ1) is 18.7. The van der Waals surface area contributed by atoms with Gasteiger partial charge in [0.1, 0.15) is 5.82 Å². The second-order valence-corrected chi connectivity index (χ2v) is 6.67. The maximum atomic E-state index is 12.7. The van der Waals surface area contributed by atoms with Crippen LogP contribution >= 0.6 is 11.8 Å². The number of phenolic OH excluding ortho intramolecular Hbond substituents is 1. The molecule has 0 radical (unpaired) electrons. The number of ether oxygens (including phenoxy) is 2. The van der Waals surface area contributed by atoms with E-state index in [1.807, 2.05) is 0 Å². The van der Waals surface area contributed by atoms with Crippen LogP contribution in [-0.4, -0.2) is 41.0 Å². The number of aromatic hydroxyl groups is 1. The highest BCUT2D eigenvalue weighted by Crippen LogP contribution is 2.42. The second-order valence-electron chi connectivity index (χ2n) is 5.71. The molecule has 3 rings (SSSR count). The Morgan fingerprint density at radius 1 is 1.33 bits per heavy atom. The van der Waals surface area contributed by atoms with Crippen LogP contribution in [0.25, 0.3) is 0 Å². The third-order valence-corrected chi connectivity index (χ3v) is 4.90. The van der Waals surface area contributed by atoms with Crippen molar-refractivity contribution in [2.75, 3.05) is 25.3 Å². The van der Waals surface area contributed by atoms with E-state index in [0.717, 1.165) is 0 Å². The average molecular weight is 387 g/mol. The molecule has 1 aliphatic heterocycles. The fraction of sp³-hybridized carbons (Fsp3) is 0.278. The number of nitrogens with one attached hydrogen (secondary N) is 2. The molecule has 1 amide bonds. The van der Waals surface area contributed by atoms with Crippen LogP contribution in [0.4, 0.5) is 5.82 Å². The number of H-pyrrole nitrogens is 1. The predicted octanol–water partition coefficient (Wildman–Crippen LogP) is 1.69. The maximum absolute atomic E-state index is 12.7. The Kier molecular flexibility index (Phi) is 5.28. The molecule has 0 saturated heterocycles. The molecule has 27 heavy (non-hydrogen) atoms. The third kappa shape index (κ3) is 3.57. The molecule has 2 heterocycles. The van der Waals surface area contributed by atoms with E-state index in [4.69, 9.17) is 15.9 Å². The normalized spacial score (nSPS) is 15.4. The van der Waals surface area contributed by atoms with Gasteiger partial charge in [-0.15, -0.1) is 6.42 Å². The van der Waals surface area contributed by atoms with E-state index >= 15 is 0 Å². The van der Waals surface area contributed by atoms with Crippen LogP contribution in [0.3, 0.4) is 0 Å². The molecule has 2 aromatic rings. The summed E-state index contributed by atoms with van der Waals surface area (Å²) in [5.74, 6) is 2.36. The number of terminal acetylenes is 1. The number of carbonyl (C=O) groups is 1. The van der Waals surface area contributed by atoms with E-state index in [1.165, 1.54) is 26.0 Å². The van der Waals surface area contributed by atoms with Crippen molar-refractivity contribution >= 4 is 23.5 Å². The van der Waals surface area contributed by atoms with Gasteiger partial charge in [0.2, 0.25) is 11.7 Å². The van der Waals surface area contributed by atoms with Gasteiger partial charge in [-0.25, -0.2) is 4.98 Å². The van der Waals surface area contributed by atoms with Crippen LogP contribution in [0, 0.1) is 12.3 Å². The number of methoxy groups -OCH3 is 2. The van der Waals surface area contributed by atoms with Crippen molar-refractivity contribution < 1.29 is 19.4 Å². The van der Waals surface area contributed by atoms with Crippen LogP contribution in [0.5, 0.6) is 17.2 Å². The van der Waals surface area contributed by atoms with Crippen LogP contribution in [0.1, 0.15) is 23.5 Å². The van der Waals surface area contributed by atoms with Crippen molar-refractivity contribution in [3.8, 4) is 29.6 Å². The Morgan fingerprint density at radius 2 is 2.00 bits per heavy atom. The van der Waals surface area contributed by atoms with Crippen LogP contribution in [-0.2, 0) is 4.79 Å². The summed E-state index contributed by atoms with van der Waals surface area (Å²) in [5, 5.41) is 13.1. The third-order valence-electron chi connectivity index (χ3n) is 4.13. The molecule has 0 saturated carbocycles. The highest BCUT2D eigenvalue weighted by Gasteiger charge is 2.32. The molecule has 1 atom stereocenters. The van der Waals surface area contributed by atoms with Gasteiger partial charge in [0.05, 0.1) is 25.5 Å². The fourth-order valence-corrected chi connectivity index (χ4v) is 3.47. The van der Waals surface area contributed by atoms with E-state index in [0.29, 0.717) is 22.0 Å². The Balaban J connectivity index is 2.13. The number of aromatic nitrogens is 2. The van der Waals surface area contributed by atoms with Crippen molar-refractivity contribution in [3.05, 3.63) is 33.6 Å². The van der Waals surface area contributed by atoms with Gasteiger partial charge in [0, 0.05) is 12.3 Å². The van der Waals surface area contributed by atoms with Crippen molar-refractivity contribution in [3.63, 3.8) is 0 Å². The summed E-state index contributed by atoms with van der Waals surface area (Å²) in [6, 6.07) is 3.15. The largest absolute Gasteiger partial charge is 0.502 e. The van der Waals surface area contributed by atoms with E-state index < -0.39 is 5.92 Å². The molecule has 1 unspecified atom stereocenters. The minimum atomic E-state index is -0.569. The van der Waals surface area contributed by atoms with Crippen LogP contribution < -0.4 is 20.3 Å². The summed E-state index contributed by atoms with van der Waals surface area (Å²) in [6.07, 6.45) is 5.28. The number of thioether (sulfide) groups is 1. The van der Waals surface area contributed by atoms with Gasteiger partial charge in [-0.3, -0.25) is 9.59 Å². The summed E-state index contributed by atoms with van der Waals surface area (Å²) >= 11 is 1.19. The van der Waals surface area contributed by atoms with Crippen molar-refractivity contribution in [1.82, 2.24) is 9.97 Å². The molecular weight excluding hydrogens is 370 g/mol. The first-order valence-corrected chi connectivity index (χ1v) is 8.92. The summed E-state index contributed by atoms with van der Waals surface area (Å²) in [5.41, 5.74) is 0.555. The zero-order chi connectivity index (χ0) is 19.6. The molecule has 0 fully saturated rings. The van der Waals surface area contributed by atoms with E-state index in [-0.39, 0.29) is 41.0 Å². The lowest BCUT2D eigenvalue weighted by Crippen LogP contribution is -2.31. The van der Waals surface area contributed by atoms with Crippen molar-refractivity contribution in [2.24, 2.45) is 0 Å². The van der Waals surface area contributed by atoms with Crippen molar-refractivity contribution in [2.45, 2.75) is 17.5 Å². The SMILES string of the molecule is C#CCSc1nc2c(c(=O)[nH]1)C(c1cc(OC)c(O)c(OC)c1)CC(=O)N2.